The van der Waals surface area contributed by atoms with Crippen molar-refractivity contribution < 1.29 is 14.1 Å². The summed E-state index contributed by atoms with van der Waals surface area (Å²) in [5.74, 6) is 1.36. The first-order chi connectivity index (χ1) is 15.8. The Hall–Kier alpha value is -1.87. The largest absolute Gasteiger partial charge is 0.591 e. The number of hydrogen-bond acceptors (Lipinski definition) is 7. The topological polar surface area (TPSA) is 94.0 Å². The third kappa shape index (κ3) is 7.31. The van der Waals surface area contributed by atoms with Gasteiger partial charge < -0.3 is 19.1 Å². The number of carbonyl (C=O) groups excluding carboxylic acids is 1. The molecule has 1 saturated heterocycles. The van der Waals surface area contributed by atoms with Crippen molar-refractivity contribution in [1.29, 1.82) is 0 Å². The van der Waals surface area contributed by atoms with E-state index in [0.29, 0.717) is 23.9 Å². The Labute approximate surface area is 207 Å². The van der Waals surface area contributed by atoms with E-state index in [1.54, 1.807) is 0 Å². The van der Waals surface area contributed by atoms with E-state index in [9.17, 15) is 9.35 Å². The molecule has 2 atom stereocenters. The SMILES string of the molecule is CC(=N[S+]([O-])C(C)(C)C)c1ccc(N2CCC[C@@H](N(CC3CCC3)C(=O)OC(C)(C)C)C2)nn1. The van der Waals surface area contributed by atoms with Gasteiger partial charge in [0.1, 0.15) is 33.1 Å². The maximum absolute atomic E-state index is 13.1. The van der Waals surface area contributed by atoms with E-state index in [2.05, 4.69) is 19.5 Å². The monoisotopic (exact) mass is 491 g/mol. The molecular weight excluding hydrogens is 450 g/mol. The Morgan fingerprint density at radius 2 is 1.88 bits per heavy atom. The van der Waals surface area contributed by atoms with Gasteiger partial charge in [-0.25, -0.2) is 4.79 Å². The highest BCUT2D eigenvalue weighted by molar-refractivity contribution is 7.91. The molecule has 0 N–H and O–H groups in total. The zero-order chi connectivity index (χ0) is 25.1. The molecule has 1 aliphatic carbocycles. The van der Waals surface area contributed by atoms with Gasteiger partial charge in [0.15, 0.2) is 5.82 Å². The molecule has 1 unspecified atom stereocenters. The fourth-order valence-corrected chi connectivity index (χ4v) is 4.68. The van der Waals surface area contributed by atoms with Crippen LogP contribution >= 0.6 is 0 Å². The van der Waals surface area contributed by atoms with Crippen LogP contribution in [0.1, 0.15) is 86.3 Å². The van der Waals surface area contributed by atoms with Gasteiger partial charge in [-0.2, -0.15) is 0 Å². The summed E-state index contributed by atoms with van der Waals surface area (Å²) in [4.78, 5) is 17.2. The number of amides is 1. The molecule has 2 heterocycles. The van der Waals surface area contributed by atoms with Gasteiger partial charge in [0.25, 0.3) is 0 Å². The smallest absolute Gasteiger partial charge is 0.410 e. The Morgan fingerprint density at radius 3 is 2.41 bits per heavy atom. The number of piperidine rings is 1. The second-order valence-corrected chi connectivity index (χ2v) is 13.4. The quantitative estimate of drug-likeness (QED) is 0.421. The van der Waals surface area contributed by atoms with Gasteiger partial charge in [-0.15, -0.1) is 10.2 Å². The molecule has 1 aromatic heterocycles. The number of ether oxygens (including phenoxy) is 1. The van der Waals surface area contributed by atoms with Crippen molar-refractivity contribution in [3.63, 3.8) is 0 Å². The average molecular weight is 492 g/mol. The third-order valence-corrected chi connectivity index (χ3v) is 7.72. The summed E-state index contributed by atoms with van der Waals surface area (Å²) in [6.45, 7) is 15.6. The molecule has 0 bridgehead atoms. The minimum absolute atomic E-state index is 0.0863. The highest BCUT2D eigenvalue weighted by Gasteiger charge is 2.35. The van der Waals surface area contributed by atoms with Crippen molar-refractivity contribution in [2.75, 3.05) is 24.5 Å². The van der Waals surface area contributed by atoms with Crippen LogP contribution in [0.3, 0.4) is 0 Å². The van der Waals surface area contributed by atoms with Gasteiger partial charge in [-0.3, -0.25) is 0 Å². The molecule has 3 rings (SSSR count). The normalized spacial score (nSPS) is 21.1. The lowest BCUT2D eigenvalue weighted by atomic mass is 9.84. The Bertz CT molecular complexity index is 859. The number of rotatable bonds is 6. The van der Waals surface area contributed by atoms with E-state index in [0.717, 1.165) is 31.7 Å². The molecule has 2 fully saturated rings. The highest BCUT2D eigenvalue weighted by atomic mass is 32.2. The van der Waals surface area contributed by atoms with E-state index in [1.165, 1.54) is 19.3 Å². The van der Waals surface area contributed by atoms with Crippen LogP contribution in [0.2, 0.25) is 0 Å². The highest BCUT2D eigenvalue weighted by Crippen LogP contribution is 2.30. The molecule has 34 heavy (non-hydrogen) atoms. The molecule has 2 aliphatic rings. The van der Waals surface area contributed by atoms with Crippen molar-refractivity contribution in [2.45, 2.75) is 97.0 Å². The Morgan fingerprint density at radius 1 is 1.18 bits per heavy atom. The number of hydrogen-bond donors (Lipinski definition) is 0. The summed E-state index contributed by atoms with van der Waals surface area (Å²) in [6, 6.07) is 3.90. The summed E-state index contributed by atoms with van der Waals surface area (Å²) in [7, 11) is 0. The second kappa shape index (κ2) is 10.8. The first-order valence-electron chi connectivity index (χ1n) is 12.4. The molecule has 1 saturated carbocycles. The van der Waals surface area contributed by atoms with Crippen LogP contribution in [0.5, 0.6) is 0 Å². The summed E-state index contributed by atoms with van der Waals surface area (Å²) >= 11 is -1.34. The van der Waals surface area contributed by atoms with Crippen LogP contribution in [0.4, 0.5) is 10.6 Å². The molecule has 1 aliphatic heterocycles. The second-order valence-electron chi connectivity index (χ2n) is 11.5. The summed E-state index contributed by atoms with van der Waals surface area (Å²) in [5.41, 5.74) is 0.719. The van der Waals surface area contributed by atoms with Crippen LogP contribution in [0.15, 0.2) is 16.5 Å². The van der Waals surface area contributed by atoms with Crippen LogP contribution in [-0.2, 0) is 16.1 Å². The third-order valence-electron chi connectivity index (χ3n) is 6.23. The van der Waals surface area contributed by atoms with Crippen molar-refractivity contribution in [1.82, 2.24) is 15.1 Å². The predicted octanol–water partition coefficient (Wildman–Crippen LogP) is 4.75. The molecule has 0 aromatic carbocycles. The molecule has 1 amide bonds. The maximum Gasteiger partial charge on any atom is 0.410 e. The van der Waals surface area contributed by atoms with Crippen LogP contribution in [0, 0.1) is 5.92 Å². The van der Waals surface area contributed by atoms with E-state index >= 15 is 0 Å². The van der Waals surface area contributed by atoms with Gasteiger partial charge in [0.05, 0.1) is 6.04 Å². The number of aromatic nitrogens is 2. The van der Waals surface area contributed by atoms with E-state index < -0.39 is 21.7 Å². The fourth-order valence-electron chi connectivity index (χ4n) is 4.06. The predicted molar refractivity (Wildman–Crippen MR) is 138 cm³/mol. The van der Waals surface area contributed by atoms with Gasteiger partial charge >= 0.3 is 6.09 Å². The van der Waals surface area contributed by atoms with Gasteiger partial charge in [0.2, 0.25) is 0 Å². The number of nitrogens with zero attached hydrogens (tertiary/aromatic N) is 5. The van der Waals surface area contributed by atoms with E-state index in [-0.39, 0.29) is 12.1 Å². The molecular formula is C25H41N5O3S. The number of carbonyl (C=O) groups is 1. The fraction of sp³-hybridized carbons (Fsp3) is 0.760. The average Bonchev–Trinajstić information content (AvgIpc) is 2.71. The summed E-state index contributed by atoms with van der Waals surface area (Å²) in [6.07, 6.45) is 5.33. The maximum atomic E-state index is 13.1. The molecule has 0 radical (unpaired) electrons. The minimum atomic E-state index is -1.34. The van der Waals surface area contributed by atoms with Crippen LogP contribution in [0.25, 0.3) is 0 Å². The lowest BCUT2D eigenvalue weighted by molar-refractivity contribution is 0.00733. The van der Waals surface area contributed by atoms with Gasteiger partial charge in [0, 0.05) is 19.6 Å². The Kier molecular flexibility index (Phi) is 8.50. The van der Waals surface area contributed by atoms with Crippen LogP contribution < -0.4 is 4.90 Å². The van der Waals surface area contributed by atoms with E-state index in [4.69, 9.17) is 4.74 Å². The van der Waals surface area contributed by atoms with Crippen molar-refractivity contribution in [2.24, 2.45) is 10.3 Å². The zero-order valence-corrected chi connectivity index (χ0v) is 22.7. The molecule has 190 valence electrons. The molecule has 9 heteroatoms. The first-order valence-corrected chi connectivity index (χ1v) is 13.5. The molecule has 8 nitrogen and oxygen atoms in total. The standard InChI is InChI=1S/C25H41N5O3S/c1-18(28-34(32)25(5,6)7)21-13-14-22(27-26-21)29-15-9-12-20(17-29)30(16-19-10-8-11-19)23(31)33-24(2,3)4/h13-14,19-20H,8-12,15-17H2,1-7H3/t20-,34?/m1/s1. The van der Waals surface area contributed by atoms with Gasteiger partial charge in [-0.1, -0.05) is 10.8 Å². The van der Waals surface area contributed by atoms with Crippen LogP contribution in [-0.4, -0.2) is 67.5 Å². The number of anilines is 1. The molecule has 0 spiro atoms. The Balaban J connectivity index is 1.70. The minimum Gasteiger partial charge on any atom is -0.591 e. The van der Waals surface area contributed by atoms with Crippen molar-refractivity contribution >= 4 is 29.0 Å². The zero-order valence-electron chi connectivity index (χ0n) is 21.8. The van der Waals surface area contributed by atoms with Crippen molar-refractivity contribution in [3.05, 3.63) is 17.8 Å². The van der Waals surface area contributed by atoms with Crippen molar-refractivity contribution in [3.8, 4) is 0 Å². The first kappa shape index (κ1) is 26.7. The molecule has 1 aromatic rings. The summed E-state index contributed by atoms with van der Waals surface area (Å²) < 4.78 is 22.0. The summed E-state index contributed by atoms with van der Waals surface area (Å²) in [5, 5.41) is 8.79. The lowest BCUT2D eigenvalue weighted by Gasteiger charge is -2.42. The van der Waals surface area contributed by atoms with E-state index in [1.807, 2.05) is 65.5 Å². The lowest BCUT2D eigenvalue weighted by Crippen LogP contribution is -2.53. The van der Waals surface area contributed by atoms with Gasteiger partial charge in [-0.05, 0) is 92.2 Å².